The van der Waals surface area contributed by atoms with E-state index in [9.17, 15) is 0 Å². The highest BCUT2D eigenvalue weighted by Gasteiger charge is 2.13. The van der Waals surface area contributed by atoms with Crippen molar-refractivity contribution < 1.29 is 21.5 Å². The normalized spacial score (nSPS) is 10.8. The minimum absolute atomic E-state index is 0. The molecule has 116 valence electrons. The smallest absolute Gasteiger partial charge is 0.193 e. The molecule has 0 aliphatic carbocycles. The van der Waals surface area contributed by atoms with Crippen molar-refractivity contribution in [2.24, 2.45) is 0 Å². The molecule has 0 N–H and O–H groups in total. The summed E-state index contributed by atoms with van der Waals surface area (Å²) < 4.78 is 4.66. The Labute approximate surface area is 146 Å². The first-order chi connectivity index (χ1) is 10.9. The van der Waals surface area contributed by atoms with Gasteiger partial charge in [-0.15, -0.1) is 0 Å². The van der Waals surface area contributed by atoms with Crippen LogP contribution in [0.4, 0.5) is 0 Å². The average molecular weight is 367 g/mol. The molecule has 0 amide bonds. The minimum atomic E-state index is 0. The second kappa shape index (κ2) is 6.55. The predicted octanol–water partition coefficient (Wildman–Crippen LogP) is 1.15. The molecule has 0 spiro atoms. The number of rotatable bonds is 3. The second-order valence-corrected chi connectivity index (χ2v) is 5.66. The summed E-state index contributed by atoms with van der Waals surface area (Å²) in [6.07, 6.45) is 4.45. The van der Waals surface area contributed by atoms with Crippen LogP contribution < -0.4 is 21.5 Å². The van der Waals surface area contributed by atoms with E-state index in [2.05, 4.69) is 89.1 Å². The molecule has 0 atom stereocenters. The number of aromatic nitrogens is 2. The summed E-state index contributed by atoms with van der Waals surface area (Å²) in [5.41, 5.74) is 3.95. The van der Waals surface area contributed by atoms with Crippen LogP contribution in [0.15, 0.2) is 73.1 Å². The number of benzene rings is 2. The largest absolute Gasteiger partial charge is 1.00 e. The van der Waals surface area contributed by atoms with Crippen molar-refractivity contribution in [3.8, 4) is 0 Å². The van der Waals surface area contributed by atoms with Crippen LogP contribution >= 0.6 is 0 Å². The summed E-state index contributed by atoms with van der Waals surface area (Å²) in [5.74, 6) is 0. The number of para-hydroxylation sites is 1. The highest BCUT2D eigenvalue weighted by molar-refractivity contribution is 6.07. The van der Waals surface area contributed by atoms with Crippen LogP contribution in [-0.2, 0) is 13.1 Å². The van der Waals surface area contributed by atoms with Gasteiger partial charge in [-0.1, -0.05) is 48.5 Å². The van der Waals surface area contributed by atoms with Gasteiger partial charge in [-0.05, 0) is 13.0 Å². The van der Waals surface area contributed by atoms with E-state index in [1.807, 2.05) is 0 Å². The Morgan fingerprint density at radius 2 is 1.52 bits per heavy atom. The number of hydrogen-bond donors (Lipinski definition) is 0. The van der Waals surface area contributed by atoms with Gasteiger partial charge in [0, 0.05) is 34.5 Å². The third-order valence-electron chi connectivity index (χ3n) is 4.30. The first-order valence-corrected chi connectivity index (χ1v) is 7.81. The van der Waals surface area contributed by atoms with Gasteiger partial charge in [0.2, 0.25) is 0 Å². The van der Waals surface area contributed by atoms with Gasteiger partial charge in [-0.25, -0.2) is 0 Å². The van der Waals surface area contributed by atoms with Gasteiger partial charge >= 0.3 is 0 Å². The molecule has 0 aliphatic rings. The third-order valence-corrected chi connectivity index (χ3v) is 4.30. The summed E-state index contributed by atoms with van der Waals surface area (Å²) >= 11 is 0. The van der Waals surface area contributed by atoms with Gasteiger partial charge in [0.25, 0.3) is 0 Å². The Morgan fingerprint density at radius 1 is 0.826 bits per heavy atom. The van der Waals surface area contributed by atoms with Crippen molar-refractivity contribution in [1.29, 1.82) is 0 Å². The van der Waals surface area contributed by atoms with Gasteiger partial charge in [0.1, 0.15) is 5.52 Å². The molecule has 0 unspecified atom stereocenters. The lowest BCUT2D eigenvalue weighted by Crippen LogP contribution is -3.00. The number of pyridine rings is 1. The van der Waals surface area contributed by atoms with Crippen molar-refractivity contribution in [3.63, 3.8) is 0 Å². The molecule has 0 aliphatic heterocycles. The number of hydrogen-bond acceptors (Lipinski definition) is 0. The average Bonchev–Trinajstić information content (AvgIpc) is 2.89. The van der Waals surface area contributed by atoms with E-state index < -0.39 is 0 Å². The van der Waals surface area contributed by atoms with E-state index in [0.717, 1.165) is 13.1 Å². The van der Waals surface area contributed by atoms with Crippen LogP contribution in [0.1, 0.15) is 12.5 Å². The van der Waals surface area contributed by atoms with E-state index in [4.69, 9.17) is 0 Å². The Kier molecular flexibility index (Phi) is 4.49. The van der Waals surface area contributed by atoms with Crippen LogP contribution in [0.2, 0.25) is 0 Å². The Balaban J connectivity index is 0.00000156. The predicted molar refractivity (Wildman–Crippen MR) is 90.9 cm³/mol. The lowest BCUT2D eigenvalue weighted by Gasteiger charge is -2.02. The number of fused-ring (bicyclic) bond motifs is 3. The lowest BCUT2D eigenvalue weighted by atomic mass is 10.2. The molecule has 2 nitrogen and oxygen atoms in total. The Bertz CT molecular complexity index is 942. The van der Waals surface area contributed by atoms with E-state index >= 15 is 0 Å². The SMILES string of the molecule is CCn1c2ccccc2c2cc[n+](Cc3ccccc3)cc21.[Br-]. The maximum atomic E-state index is 2.40. The Morgan fingerprint density at radius 3 is 2.30 bits per heavy atom. The summed E-state index contributed by atoms with van der Waals surface area (Å²) in [6.45, 7) is 4.10. The molecule has 0 saturated heterocycles. The monoisotopic (exact) mass is 366 g/mol. The molecule has 2 aromatic heterocycles. The van der Waals surface area contributed by atoms with Gasteiger partial charge in [0.05, 0.1) is 0 Å². The van der Waals surface area contributed by atoms with Crippen molar-refractivity contribution in [2.45, 2.75) is 20.0 Å². The highest BCUT2D eigenvalue weighted by atomic mass is 79.9. The summed E-state index contributed by atoms with van der Waals surface area (Å²) in [7, 11) is 0. The van der Waals surface area contributed by atoms with Crippen molar-refractivity contribution in [3.05, 3.63) is 78.6 Å². The first-order valence-electron chi connectivity index (χ1n) is 7.81. The summed E-state index contributed by atoms with van der Waals surface area (Å²) in [4.78, 5) is 0. The van der Waals surface area contributed by atoms with E-state index in [0.29, 0.717) is 0 Å². The molecule has 0 radical (unpaired) electrons. The van der Waals surface area contributed by atoms with Gasteiger partial charge < -0.3 is 21.5 Å². The van der Waals surface area contributed by atoms with Gasteiger partial charge in [-0.2, -0.15) is 4.57 Å². The topological polar surface area (TPSA) is 8.81 Å². The zero-order valence-corrected chi connectivity index (χ0v) is 14.7. The minimum Gasteiger partial charge on any atom is -1.00 e. The maximum Gasteiger partial charge on any atom is 0.193 e. The molecule has 2 heterocycles. The van der Waals surface area contributed by atoms with E-state index in [-0.39, 0.29) is 17.0 Å². The lowest BCUT2D eigenvalue weighted by molar-refractivity contribution is -0.687. The first kappa shape index (κ1) is 15.8. The van der Waals surface area contributed by atoms with Crippen molar-refractivity contribution in [2.75, 3.05) is 0 Å². The zero-order chi connectivity index (χ0) is 14.9. The van der Waals surface area contributed by atoms with Crippen LogP contribution in [0.5, 0.6) is 0 Å². The zero-order valence-electron chi connectivity index (χ0n) is 13.1. The molecular weight excluding hydrogens is 348 g/mol. The third kappa shape index (κ3) is 2.77. The fourth-order valence-electron chi connectivity index (χ4n) is 3.27. The quantitative estimate of drug-likeness (QED) is 0.481. The van der Waals surface area contributed by atoms with E-state index in [1.54, 1.807) is 0 Å². The van der Waals surface area contributed by atoms with Gasteiger partial charge in [0.15, 0.2) is 18.9 Å². The molecule has 2 aromatic carbocycles. The molecule has 3 heteroatoms. The summed E-state index contributed by atoms with van der Waals surface area (Å²) in [6, 6.07) is 21.5. The highest BCUT2D eigenvalue weighted by Crippen LogP contribution is 2.27. The van der Waals surface area contributed by atoms with Crippen LogP contribution in [0.25, 0.3) is 21.8 Å². The number of nitrogens with zero attached hydrogens (tertiary/aromatic N) is 2. The molecule has 0 saturated carbocycles. The maximum absolute atomic E-state index is 2.40. The molecule has 0 fully saturated rings. The fraction of sp³-hybridized carbons (Fsp3) is 0.150. The molecule has 0 bridgehead atoms. The van der Waals surface area contributed by atoms with Gasteiger partial charge in [-0.3, -0.25) is 0 Å². The standard InChI is InChI=1S/C20H19N2.BrH/c1-2-22-19-11-7-6-10-17(19)18-12-13-21(15-20(18)22)14-16-8-4-3-5-9-16;/h3-13,15H,2,14H2,1H3;1H/q+1;/p-1. The van der Waals surface area contributed by atoms with Crippen molar-refractivity contribution >= 4 is 21.8 Å². The molecule has 4 rings (SSSR count). The van der Waals surface area contributed by atoms with Crippen LogP contribution in [-0.4, -0.2) is 4.57 Å². The molecule has 23 heavy (non-hydrogen) atoms. The molecule has 4 aromatic rings. The molecular formula is C20H19BrN2. The van der Waals surface area contributed by atoms with Crippen LogP contribution in [0.3, 0.4) is 0 Å². The number of halogens is 1. The fourth-order valence-corrected chi connectivity index (χ4v) is 3.27. The van der Waals surface area contributed by atoms with Crippen molar-refractivity contribution in [1.82, 2.24) is 4.57 Å². The Hall–Kier alpha value is -2.13. The van der Waals surface area contributed by atoms with E-state index in [1.165, 1.54) is 27.4 Å². The van der Waals surface area contributed by atoms with Crippen LogP contribution in [0, 0.1) is 0 Å². The second-order valence-electron chi connectivity index (χ2n) is 5.66. The number of aryl methyl sites for hydroxylation is 1. The summed E-state index contributed by atoms with van der Waals surface area (Å²) in [5, 5.41) is 2.67.